The van der Waals surface area contributed by atoms with Crippen LogP contribution < -0.4 is 0 Å². The fraction of sp³-hybridized carbons (Fsp3) is 0.111. The average Bonchev–Trinajstić information content (AvgIpc) is 2.55. The summed E-state index contributed by atoms with van der Waals surface area (Å²) in [6, 6.07) is 0. The number of hydrogen-bond acceptors (Lipinski definition) is 3. The summed E-state index contributed by atoms with van der Waals surface area (Å²) in [6.07, 6.45) is 2.72. The van der Waals surface area contributed by atoms with Gasteiger partial charge in [-0.3, -0.25) is 0 Å². The van der Waals surface area contributed by atoms with Gasteiger partial charge >= 0.3 is 5.97 Å². The minimum atomic E-state index is -1.15. The summed E-state index contributed by atoms with van der Waals surface area (Å²) in [4.78, 5) is 21.7. The van der Waals surface area contributed by atoms with Crippen LogP contribution >= 0.6 is 0 Å². The van der Waals surface area contributed by atoms with Crippen molar-refractivity contribution in [1.29, 1.82) is 0 Å². The molecule has 2 rings (SSSR count). The molecule has 15 heavy (non-hydrogen) atoms. The summed E-state index contributed by atoms with van der Waals surface area (Å²) < 4.78 is 1.61. The zero-order valence-corrected chi connectivity index (χ0v) is 7.80. The summed E-state index contributed by atoms with van der Waals surface area (Å²) in [5, 5.41) is 9.20. The molecule has 2 heterocycles. The van der Waals surface area contributed by atoms with E-state index in [4.69, 9.17) is 11.7 Å². The standard InChI is InChI=1S/C9H6N4O2/c1-10-5-3-13(2)8-6(5)7(9(14)15)11-4-12-8/h3-4H,2H3,(H,14,15). The molecular weight excluding hydrogens is 196 g/mol. The van der Waals surface area contributed by atoms with Crippen molar-refractivity contribution >= 4 is 22.7 Å². The van der Waals surface area contributed by atoms with E-state index in [0.717, 1.165) is 0 Å². The van der Waals surface area contributed by atoms with Crippen LogP contribution in [-0.2, 0) is 7.05 Å². The fourth-order valence-electron chi connectivity index (χ4n) is 1.44. The van der Waals surface area contributed by atoms with Gasteiger partial charge in [-0.15, -0.1) is 0 Å². The Bertz CT molecular complexity index is 594. The maximum Gasteiger partial charge on any atom is 0.353 e. The fourth-order valence-corrected chi connectivity index (χ4v) is 1.44. The van der Waals surface area contributed by atoms with Gasteiger partial charge in [0.15, 0.2) is 5.69 Å². The van der Waals surface area contributed by atoms with Gasteiger partial charge in [-0.05, 0) is 0 Å². The molecule has 0 aliphatic rings. The summed E-state index contributed by atoms with van der Waals surface area (Å²) in [6.45, 7) is 6.94. The molecule has 6 nitrogen and oxygen atoms in total. The third-order valence-electron chi connectivity index (χ3n) is 2.06. The highest BCUT2D eigenvalue weighted by Crippen LogP contribution is 2.28. The van der Waals surface area contributed by atoms with Crippen LogP contribution in [0.1, 0.15) is 10.5 Å². The second-order valence-corrected chi connectivity index (χ2v) is 2.96. The van der Waals surface area contributed by atoms with Crippen molar-refractivity contribution in [3.63, 3.8) is 0 Å². The lowest BCUT2D eigenvalue weighted by Crippen LogP contribution is -2.02. The van der Waals surface area contributed by atoms with Gasteiger partial charge in [-0.2, -0.15) is 0 Å². The van der Waals surface area contributed by atoms with E-state index in [1.54, 1.807) is 17.8 Å². The Balaban J connectivity index is 2.96. The van der Waals surface area contributed by atoms with Gasteiger partial charge in [0.2, 0.25) is 5.69 Å². The first-order chi connectivity index (χ1) is 7.15. The molecule has 0 radical (unpaired) electrons. The van der Waals surface area contributed by atoms with E-state index in [2.05, 4.69) is 14.8 Å². The minimum absolute atomic E-state index is 0.133. The number of carbonyl (C=O) groups is 1. The summed E-state index contributed by atoms with van der Waals surface area (Å²) >= 11 is 0. The lowest BCUT2D eigenvalue weighted by Gasteiger charge is -1.97. The largest absolute Gasteiger partial charge is 0.477 e. The first-order valence-electron chi connectivity index (χ1n) is 4.06. The Morgan fingerprint density at radius 2 is 2.33 bits per heavy atom. The molecule has 0 atom stereocenters. The normalized spacial score (nSPS) is 10.1. The molecule has 74 valence electrons. The average molecular weight is 202 g/mol. The summed E-state index contributed by atoms with van der Waals surface area (Å²) in [5.74, 6) is -1.15. The van der Waals surface area contributed by atoms with Crippen LogP contribution in [0.4, 0.5) is 5.69 Å². The molecule has 0 aliphatic heterocycles. The highest BCUT2D eigenvalue weighted by Gasteiger charge is 2.17. The van der Waals surface area contributed by atoms with Crippen LogP contribution in [0.2, 0.25) is 0 Å². The van der Waals surface area contributed by atoms with Crippen LogP contribution in [0.25, 0.3) is 15.9 Å². The molecule has 0 aromatic carbocycles. The lowest BCUT2D eigenvalue weighted by atomic mass is 10.2. The maximum absolute atomic E-state index is 10.9. The van der Waals surface area contributed by atoms with Crippen molar-refractivity contribution in [3.8, 4) is 0 Å². The van der Waals surface area contributed by atoms with Crippen LogP contribution in [0, 0.1) is 6.57 Å². The number of aromatic carboxylic acids is 1. The Hall–Kier alpha value is -2.42. The predicted octanol–water partition coefficient (Wildman–Crippen LogP) is 1.22. The van der Waals surface area contributed by atoms with Gasteiger partial charge < -0.3 is 9.67 Å². The Kier molecular flexibility index (Phi) is 1.87. The van der Waals surface area contributed by atoms with Crippen LogP contribution in [0.15, 0.2) is 12.5 Å². The molecule has 0 spiro atoms. The Morgan fingerprint density at radius 1 is 1.60 bits per heavy atom. The zero-order valence-electron chi connectivity index (χ0n) is 7.80. The number of fused-ring (bicyclic) bond motifs is 1. The lowest BCUT2D eigenvalue weighted by molar-refractivity contribution is 0.0693. The van der Waals surface area contributed by atoms with E-state index in [1.807, 2.05) is 0 Å². The molecule has 2 aromatic rings. The number of aryl methyl sites for hydroxylation is 1. The molecule has 0 amide bonds. The van der Waals surface area contributed by atoms with Crippen molar-refractivity contribution in [2.24, 2.45) is 7.05 Å². The number of nitrogens with zero attached hydrogens (tertiary/aromatic N) is 4. The second kappa shape index (κ2) is 3.06. The predicted molar refractivity (Wildman–Crippen MR) is 51.7 cm³/mol. The molecule has 0 bridgehead atoms. The van der Waals surface area contributed by atoms with Crippen molar-refractivity contribution in [2.75, 3.05) is 0 Å². The first-order valence-corrected chi connectivity index (χ1v) is 4.06. The first kappa shape index (κ1) is 9.15. The van der Waals surface area contributed by atoms with Gasteiger partial charge in [0.25, 0.3) is 0 Å². The third-order valence-corrected chi connectivity index (χ3v) is 2.06. The van der Waals surface area contributed by atoms with Crippen molar-refractivity contribution < 1.29 is 9.90 Å². The minimum Gasteiger partial charge on any atom is -0.477 e. The molecule has 0 saturated carbocycles. The molecule has 0 aliphatic carbocycles. The zero-order chi connectivity index (χ0) is 11.0. The third kappa shape index (κ3) is 1.21. The molecule has 0 unspecified atom stereocenters. The Labute approximate surface area is 84.6 Å². The van der Waals surface area contributed by atoms with E-state index in [1.165, 1.54) is 6.33 Å². The number of carboxylic acid groups (broad SMARTS) is 1. The van der Waals surface area contributed by atoms with Crippen LogP contribution in [0.3, 0.4) is 0 Å². The summed E-state index contributed by atoms with van der Waals surface area (Å²) in [7, 11) is 1.70. The van der Waals surface area contributed by atoms with E-state index < -0.39 is 5.97 Å². The monoisotopic (exact) mass is 202 g/mol. The molecule has 0 fully saturated rings. The van der Waals surface area contributed by atoms with Crippen LogP contribution in [0.5, 0.6) is 0 Å². The van der Waals surface area contributed by atoms with Crippen molar-refractivity contribution in [1.82, 2.24) is 14.5 Å². The van der Waals surface area contributed by atoms with Gasteiger partial charge in [0.1, 0.15) is 12.0 Å². The molecule has 6 heteroatoms. The van der Waals surface area contributed by atoms with E-state index in [9.17, 15) is 4.79 Å². The molecular formula is C9H6N4O2. The SMILES string of the molecule is [C-]#[N+]c1cn(C)c2ncnc(C(=O)O)c12. The van der Waals surface area contributed by atoms with Gasteiger partial charge in [0, 0.05) is 13.2 Å². The topological polar surface area (TPSA) is 72.4 Å². The van der Waals surface area contributed by atoms with Gasteiger partial charge in [-0.1, -0.05) is 0 Å². The van der Waals surface area contributed by atoms with E-state index in [0.29, 0.717) is 11.0 Å². The second-order valence-electron chi connectivity index (χ2n) is 2.96. The highest BCUT2D eigenvalue weighted by molar-refractivity contribution is 6.06. The Morgan fingerprint density at radius 3 is 2.93 bits per heavy atom. The number of aromatic nitrogens is 3. The van der Waals surface area contributed by atoms with E-state index in [-0.39, 0.29) is 11.4 Å². The van der Waals surface area contributed by atoms with Gasteiger partial charge in [0.05, 0.1) is 12.0 Å². The number of carboxylic acids is 1. The van der Waals surface area contributed by atoms with Crippen molar-refractivity contribution in [3.05, 3.63) is 29.6 Å². The number of hydrogen-bond donors (Lipinski definition) is 1. The molecule has 2 aromatic heterocycles. The molecule has 1 N–H and O–H groups in total. The molecule has 0 saturated heterocycles. The maximum atomic E-state index is 10.9. The smallest absolute Gasteiger partial charge is 0.353 e. The summed E-state index contributed by atoms with van der Waals surface area (Å²) in [5.41, 5.74) is 0.575. The quantitative estimate of drug-likeness (QED) is 0.705. The van der Waals surface area contributed by atoms with Crippen LogP contribution in [-0.4, -0.2) is 25.6 Å². The number of rotatable bonds is 1. The van der Waals surface area contributed by atoms with Crippen molar-refractivity contribution in [2.45, 2.75) is 0 Å². The van der Waals surface area contributed by atoms with Gasteiger partial charge in [-0.25, -0.2) is 19.6 Å². The van der Waals surface area contributed by atoms with E-state index >= 15 is 0 Å². The highest BCUT2D eigenvalue weighted by atomic mass is 16.4.